The van der Waals surface area contributed by atoms with Gasteiger partial charge >= 0.3 is 0 Å². The first-order valence-electron chi connectivity index (χ1n) is 7.19. The summed E-state index contributed by atoms with van der Waals surface area (Å²) < 4.78 is 1.69. The number of carbonyl (C=O) groups excluding carboxylic acids is 2. The van der Waals surface area contributed by atoms with Crippen LogP contribution in [-0.4, -0.2) is 39.2 Å². The molecule has 0 aliphatic heterocycles. The minimum absolute atomic E-state index is 0.300. The zero-order valence-electron chi connectivity index (χ0n) is 12.9. The highest BCUT2D eigenvalue weighted by Crippen LogP contribution is 2.22. The quantitative estimate of drug-likeness (QED) is 0.786. The van der Waals surface area contributed by atoms with Gasteiger partial charge in [-0.15, -0.1) is 0 Å². The van der Waals surface area contributed by atoms with Gasteiger partial charge in [0.1, 0.15) is 5.82 Å². The van der Waals surface area contributed by atoms with Crippen molar-refractivity contribution in [1.29, 1.82) is 5.26 Å². The van der Waals surface area contributed by atoms with Crippen LogP contribution in [0.1, 0.15) is 25.6 Å². The highest BCUT2D eigenvalue weighted by Gasteiger charge is 2.32. The number of likely N-dealkylation sites (N-methyl/N-ethyl adjacent to an activating group) is 1. The van der Waals surface area contributed by atoms with Gasteiger partial charge in [-0.3, -0.25) is 9.59 Å². The summed E-state index contributed by atoms with van der Waals surface area (Å²) in [6, 6.07) is 9.29. The lowest BCUT2D eigenvalue weighted by molar-refractivity contribution is -0.144. The van der Waals surface area contributed by atoms with Crippen molar-refractivity contribution in [2.45, 2.75) is 19.8 Å². The first kappa shape index (κ1) is 15.7. The molecule has 0 saturated carbocycles. The summed E-state index contributed by atoms with van der Waals surface area (Å²) in [6.07, 6.45) is 0. The molecule has 0 aliphatic carbocycles. The SMILES string of the molecule is CCN(CC)C(=O)C(=O)C(C#N)c1nc2ccccc2n1C. The molecular weight excluding hydrogens is 280 g/mol. The van der Waals surface area contributed by atoms with Crippen molar-refractivity contribution in [3.8, 4) is 6.07 Å². The number of fused-ring (bicyclic) bond motifs is 1. The van der Waals surface area contributed by atoms with E-state index in [9.17, 15) is 14.9 Å². The summed E-state index contributed by atoms with van der Waals surface area (Å²) in [6.45, 7) is 4.46. The maximum Gasteiger partial charge on any atom is 0.291 e. The molecule has 0 fully saturated rings. The number of nitrogens with zero attached hydrogens (tertiary/aromatic N) is 4. The lowest BCUT2D eigenvalue weighted by Crippen LogP contribution is -2.39. The Hall–Kier alpha value is -2.68. The summed E-state index contributed by atoms with van der Waals surface area (Å²) in [5, 5.41) is 9.38. The zero-order chi connectivity index (χ0) is 16.3. The zero-order valence-corrected chi connectivity index (χ0v) is 12.9. The Morgan fingerprint density at radius 3 is 2.50 bits per heavy atom. The van der Waals surface area contributed by atoms with E-state index in [4.69, 9.17) is 0 Å². The molecule has 22 heavy (non-hydrogen) atoms. The minimum atomic E-state index is -1.19. The monoisotopic (exact) mass is 298 g/mol. The van der Waals surface area contributed by atoms with Gasteiger partial charge in [-0.25, -0.2) is 4.98 Å². The molecule has 0 aliphatic rings. The minimum Gasteiger partial charge on any atom is -0.337 e. The number of rotatable bonds is 5. The number of carbonyl (C=O) groups is 2. The second-order valence-corrected chi connectivity index (χ2v) is 4.92. The molecule has 0 bridgehead atoms. The molecule has 1 unspecified atom stereocenters. The van der Waals surface area contributed by atoms with E-state index in [0.29, 0.717) is 24.4 Å². The normalized spacial score (nSPS) is 11.9. The number of imidazole rings is 1. The molecule has 2 rings (SSSR count). The summed E-state index contributed by atoms with van der Waals surface area (Å²) in [4.78, 5) is 30.3. The van der Waals surface area contributed by atoms with Crippen LogP contribution in [0.5, 0.6) is 0 Å². The van der Waals surface area contributed by atoms with Crippen LogP contribution < -0.4 is 0 Å². The summed E-state index contributed by atoms with van der Waals surface area (Å²) in [5.41, 5.74) is 1.52. The predicted octanol–water partition coefficient (Wildman–Crippen LogP) is 1.62. The number of ketones is 1. The molecule has 114 valence electrons. The van der Waals surface area contributed by atoms with Gasteiger partial charge < -0.3 is 9.47 Å². The number of hydrogen-bond acceptors (Lipinski definition) is 4. The Morgan fingerprint density at radius 2 is 1.95 bits per heavy atom. The highest BCUT2D eigenvalue weighted by molar-refractivity contribution is 6.38. The van der Waals surface area contributed by atoms with E-state index in [2.05, 4.69) is 4.98 Å². The van der Waals surface area contributed by atoms with Crippen LogP contribution in [0.25, 0.3) is 11.0 Å². The van der Waals surface area contributed by atoms with Crippen LogP contribution in [-0.2, 0) is 16.6 Å². The molecule has 1 atom stereocenters. The van der Waals surface area contributed by atoms with Crippen molar-refractivity contribution in [2.24, 2.45) is 7.05 Å². The van der Waals surface area contributed by atoms with E-state index in [-0.39, 0.29) is 0 Å². The van der Waals surface area contributed by atoms with E-state index >= 15 is 0 Å². The first-order chi connectivity index (χ1) is 10.5. The maximum atomic E-state index is 12.4. The van der Waals surface area contributed by atoms with Crippen molar-refractivity contribution in [2.75, 3.05) is 13.1 Å². The predicted molar refractivity (Wildman–Crippen MR) is 82.0 cm³/mol. The number of aromatic nitrogens is 2. The van der Waals surface area contributed by atoms with Crippen molar-refractivity contribution < 1.29 is 9.59 Å². The molecular formula is C16H18N4O2. The van der Waals surface area contributed by atoms with E-state index in [0.717, 1.165) is 5.52 Å². The van der Waals surface area contributed by atoms with Crippen molar-refractivity contribution in [1.82, 2.24) is 14.5 Å². The van der Waals surface area contributed by atoms with Crippen LogP contribution in [0.2, 0.25) is 0 Å². The Bertz CT molecular complexity index is 753. The lowest BCUT2D eigenvalue weighted by atomic mass is 10.0. The van der Waals surface area contributed by atoms with Crippen LogP contribution in [0.15, 0.2) is 24.3 Å². The Balaban J connectivity index is 2.43. The number of nitriles is 1. The van der Waals surface area contributed by atoms with Gasteiger partial charge in [0, 0.05) is 20.1 Å². The highest BCUT2D eigenvalue weighted by atomic mass is 16.2. The van der Waals surface area contributed by atoms with Gasteiger partial charge in [0.2, 0.25) is 5.78 Å². The van der Waals surface area contributed by atoms with Crippen LogP contribution in [0, 0.1) is 11.3 Å². The molecule has 0 saturated heterocycles. The van der Waals surface area contributed by atoms with Crippen molar-refractivity contribution in [3.05, 3.63) is 30.1 Å². The molecule has 1 aromatic heterocycles. The fourth-order valence-corrected chi connectivity index (χ4v) is 2.45. The van der Waals surface area contributed by atoms with Crippen molar-refractivity contribution >= 4 is 22.7 Å². The number of benzene rings is 1. The molecule has 1 heterocycles. The molecule has 0 radical (unpaired) electrons. The number of para-hydroxylation sites is 2. The number of amides is 1. The largest absolute Gasteiger partial charge is 0.337 e. The average Bonchev–Trinajstić information content (AvgIpc) is 2.86. The number of hydrogen-bond donors (Lipinski definition) is 0. The fraction of sp³-hybridized carbons (Fsp3) is 0.375. The van der Waals surface area contributed by atoms with Gasteiger partial charge in [-0.1, -0.05) is 12.1 Å². The van der Waals surface area contributed by atoms with E-state index in [1.807, 2.05) is 30.3 Å². The Morgan fingerprint density at radius 1 is 1.32 bits per heavy atom. The average molecular weight is 298 g/mol. The molecule has 1 amide bonds. The molecule has 0 spiro atoms. The van der Waals surface area contributed by atoms with Gasteiger partial charge in [0.05, 0.1) is 17.1 Å². The molecule has 2 aromatic rings. The fourth-order valence-electron chi connectivity index (χ4n) is 2.45. The third-order valence-electron chi connectivity index (χ3n) is 3.73. The van der Waals surface area contributed by atoms with Crippen LogP contribution in [0.4, 0.5) is 0 Å². The second kappa shape index (κ2) is 6.39. The Labute approximate surface area is 129 Å². The molecule has 1 aromatic carbocycles. The van der Waals surface area contributed by atoms with Gasteiger partial charge in [0.25, 0.3) is 5.91 Å². The lowest BCUT2D eigenvalue weighted by Gasteiger charge is -2.18. The summed E-state index contributed by atoms with van der Waals surface area (Å²) >= 11 is 0. The van der Waals surface area contributed by atoms with E-state index in [1.165, 1.54) is 4.90 Å². The molecule has 6 heteroatoms. The molecule has 0 N–H and O–H groups in total. The van der Waals surface area contributed by atoms with Crippen LogP contribution >= 0.6 is 0 Å². The van der Waals surface area contributed by atoms with Crippen molar-refractivity contribution in [3.63, 3.8) is 0 Å². The van der Waals surface area contributed by atoms with Gasteiger partial charge in [0.15, 0.2) is 5.92 Å². The standard InChI is InChI=1S/C16H18N4O2/c1-4-20(5-2)16(22)14(21)11(10-17)15-18-12-8-6-7-9-13(12)19(15)3/h6-9,11H,4-5H2,1-3H3. The molecule has 6 nitrogen and oxygen atoms in total. The maximum absolute atomic E-state index is 12.4. The topological polar surface area (TPSA) is 79.0 Å². The number of aryl methyl sites for hydroxylation is 1. The first-order valence-corrected chi connectivity index (χ1v) is 7.19. The smallest absolute Gasteiger partial charge is 0.291 e. The van der Waals surface area contributed by atoms with Crippen LogP contribution in [0.3, 0.4) is 0 Å². The summed E-state index contributed by atoms with van der Waals surface area (Å²) in [7, 11) is 1.74. The third-order valence-corrected chi connectivity index (χ3v) is 3.73. The van der Waals surface area contributed by atoms with E-state index < -0.39 is 17.6 Å². The van der Waals surface area contributed by atoms with Gasteiger partial charge in [-0.2, -0.15) is 5.26 Å². The van der Waals surface area contributed by atoms with Gasteiger partial charge in [-0.05, 0) is 26.0 Å². The third kappa shape index (κ3) is 2.58. The van der Waals surface area contributed by atoms with E-state index in [1.54, 1.807) is 25.5 Å². The summed E-state index contributed by atoms with van der Waals surface area (Å²) in [5.74, 6) is -2.26. The number of Topliss-reactive ketones (excluding diaryl/α,β-unsaturated/α-hetero) is 1. The Kier molecular flexibility index (Phi) is 4.56. The second-order valence-electron chi connectivity index (χ2n) is 4.92.